The van der Waals surface area contributed by atoms with Crippen molar-refractivity contribution in [2.45, 2.75) is 0 Å². The van der Waals surface area contributed by atoms with Gasteiger partial charge in [0.1, 0.15) is 11.3 Å². The van der Waals surface area contributed by atoms with Gasteiger partial charge in [-0.05, 0) is 18.2 Å². The number of hydrogen-bond acceptors (Lipinski definition) is 2. The highest BCUT2D eigenvalue weighted by molar-refractivity contribution is 6.33. The smallest absolute Gasteiger partial charge is 0.339 e. The van der Waals surface area contributed by atoms with Gasteiger partial charge in [0.2, 0.25) is 0 Å². The minimum absolute atomic E-state index is 0.118. The van der Waals surface area contributed by atoms with Crippen LogP contribution < -0.4 is 0 Å². The average molecular weight is 299 g/mol. The van der Waals surface area contributed by atoms with E-state index in [0.29, 0.717) is 16.3 Å². The van der Waals surface area contributed by atoms with E-state index in [2.05, 4.69) is 5.10 Å². The summed E-state index contributed by atoms with van der Waals surface area (Å²) < 4.78 is 1.54. The van der Waals surface area contributed by atoms with Gasteiger partial charge >= 0.3 is 5.97 Å². The molecule has 104 valence electrons. The number of benzene rings is 2. The summed E-state index contributed by atoms with van der Waals surface area (Å²) in [5.41, 5.74) is 1.87. The summed E-state index contributed by atoms with van der Waals surface area (Å²) in [6, 6.07) is 16.4. The molecular weight excluding hydrogens is 288 g/mol. The molecule has 3 rings (SSSR count). The Labute approximate surface area is 126 Å². The average Bonchev–Trinajstić information content (AvgIpc) is 2.94. The van der Waals surface area contributed by atoms with Crippen molar-refractivity contribution in [1.29, 1.82) is 0 Å². The molecule has 0 spiro atoms. The number of rotatable bonds is 3. The van der Waals surface area contributed by atoms with Crippen molar-refractivity contribution in [2.24, 2.45) is 0 Å². The number of aromatic carboxylic acids is 1. The first-order valence-electron chi connectivity index (χ1n) is 6.30. The van der Waals surface area contributed by atoms with E-state index in [0.717, 1.165) is 5.69 Å². The minimum Gasteiger partial charge on any atom is -0.478 e. The second-order valence-corrected chi connectivity index (χ2v) is 4.86. The molecule has 0 fully saturated rings. The number of carboxylic acid groups (broad SMARTS) is 1. The molecule has 21 heavy (non-hydrogen) atoms. The molecule has 2 aromatic carbocycles. The Balaban J connectivity index is 2.19. The second kappa shape index (κ2) is 5.42. The van der Waals surface area contributed by atoms with E-state index in [4.69, 9.17) is 11.6 Å². The van der Waals surface area contributed by atoms with Crippen LogP contribution in [0, 0.1) is 0 Å². The maximum Gasteiger partial charge on any atom is 0.339 e. The summed E-state index contributed by atoms with van der Waals surface area (Å²) in [6.07, 6.45) is 1.50. The molecule has 0 atom stereocenters. The topological polar surface area (TPSA) is 55.1 Å². The summed E-state index contributed by atoms with van der Waals surface area (Å²) in [5.74, 6) is -1.04. The summed E-state index contributed by atoms with van der Waals surface area (Å²) in [6.45, 7) is 0. The number of halogens is 1. The van der Waals surface area contributed by atoms with Crippen LogP contribution in [0.1, 0.15) is 10.4 Å². The highest BCUT2D eigenvalue weighted by Crippen LogP contribution is 2.29. The molecule has 0 unspecified atom stereocenters. The lowest BCUT2D eigenvalue weighted by Gasteiger charge is -2.02. The Morgan fingerprint density at radius 1 is 1.05 bits per heavy atom. The van der Waals surface area contributed by atoms with Gasteiger partial charge < -0.3 is 5.11 Å². The third kappa shape index (κ3) is 2.53. The van der Waals surface area contributed by atoms with Gasteiger partial charge in [-0.3, -0.25) is 0 Å². The normalized spacial score (nSPS) is 10.5. The van der Waals surface area contributed by atoms with E-state index >= 15 is 0 Å². The predicted molar refractivity (Wildman–Crippen MR) is 81.0 cm³/mol. The molecule has 0 amide bonds. The lowest BCUT2D eigenvalue weighted by molar-refractivity contribution is 0.0697. The molecule has 0 aliphatic carbocycles. The molecule has 1 aromatic heterocycles. The molecule has 0 radical (unpaired) electrons. The fourth-order valence-electron chi connectivity index (χ4n) is 2.10. The zero-order valence-electron chi connectivity index (χ0n) is 10.9. The highest BCUT2D eigenvalue weighted by atomic mass is 35.5. The Morgan fingerprint density at radius 3 is 2.38 bits per heavy atom. The SMILES string of the molecule is O=C(O)c1cn(-c2ccccc2)nc1-c1ccccc1Cl. The maximum atomic E-state index is 11.5. The molecule has 0 aliphatic rings. The van der Waals surface area contributed by atoms with Crippen molar-refractivity contribution in [3.8, 4) is 16.9 Å². The zero-order chi connectivity index (χ0) is 14.8. The third-order valence-corrected chi connectivity index (χ3v) is 3.42. The Kier molecular flexibility index (Phi) is 3.46. The largest absolute Gasteiger partial charge is 0.478 e. The Bertz CT molecular complexity index is 797. The van der Waals surface area contributed by atoms with Crippen molar-refractivity contribution in [3.05, 3.63) is 71.4 Å². The van der Waals surface area contributed by atoms with E-state index in [9.17, 15) is 9.90 Å². The van der Waals surface area contributed by atoms with Crippen LogP contribution >= 0.6 is 11.6 Å². The molecule has 1 heterocycles. The first-order chi connectivity index (χ1) is 10.2. The lowest BCUT2D eigenvalue weighted by atomic mass is 10.1. The van der Waals surface area contributed by atoms with Crippen LogP contribution in [0.15, 0.2) is 60.8 Å². The standard InChI is InChI=1S/C16H11ClN2O2/c17-14-9-5-4-8-12(14)15-13(16(20)21)10-19(18-15)11-6-2-1-3-7-11/h1-10H,(H,20,21). The second-order valence-electron chi connectivity index (χ2n) is 4.46. The van der Waals surface area contributed by atoms with Gasteiger partial charge in [0.25, 0.3) is 0 Å². The highest BCUT2D eigenvalue weighted by Gasteiger charge is 2.19. The summed E-state index contributed by atoms with van der Waals surface area (Å²) in [7, 11) is 0. The van der Waals surface area contributed by atoms with Crippen LogP contribution in [0.2, 0.25) is 5.02 Å². The van der Waals surface area contributed by atoms with Crippen molar-refractivity contribution < 1.29 is 9.90 Å². The number of hydrogen-bond donors (Lipinski definition) is 1. The van der Waals surface area contributed by atoms with Gasteiger partial charge in [0.05, 0.1) is 10.7 Å². The van der Waals surface area contributed by atoms with E-state index < -0.39 is 5.97 Å². The van der Waals surface area contributed by atoms with Gasteiger partial charge in [0.15, 0.2) is 0 Å². The number of carboxylic acids is 1. The lowest BCUT2D eigenvalue weighted by Crippen LogP contribution is -1.96. The molecule has 3 aromatic rings. The van der Waals surface area contributed by atoms with Crippen LogP contribution in [0.4, 0.5) is 0 Å². The van der Waals surface area contributed by atoms with E-state index in [1.165, 1.54) is 6.20 Å². The maximum absolute atomic E-state index is 11.5. The first-order valence-corrected chi connectivity index (χ1v) is 6.68. The molecule has 0 saturated carbocycles. The number of para-hydroxylation sites is 1. The van der Waals surface area contributed by atoms with Crippen molar-refractivity contribution in [3.63, 3.8) is 0 Å². The number of aromatic nitrogens is 2. The quantitative estimate of drug-likeness (QED) is 0.798. The fourth-order valence-corrected chi connectivity index (χ4v) is 2.32. The summed E-state index contributed by atoms with van der Waals surface area (Å²) in [4.78, 5) is 11.5. The van der Waals surface area contributed by atoms with Crippen molar-refractivity contribution in [1.82, 2.24) is 9.78 Å². The summed E-state index contributed by atoms with van der Waals surface area (Å²) in [5, 5.41) is 14.2. The van der Waals surface area contributed by atoms with Crippen LogP contribution in [0.3, 0.4) is 0 Å². The van der Waals surface area contributed by atoms with Crippen LogP contribution in [0.5, 0.6) is 0 Å². The zero-order valence-corrected chi connectivity index (χ0v) is 11.7. The van der Waals surface area contributed by atoms with Crippen LogP contribution in [-0.4, -0.2) is 20.9 Å². The number of carbonyl (C=O) groups is 1. The monoisotopic (exact) mass is 298 g/mol. The van der Waals surface area contributed by atoms with Crippen LogP contribution in [-0.2, 0) is 0 Å². The molecule has 0 saturated heterocycles. The van der Waals surface area contributed by atoms with E-state index in [-0.39, 0.29) is 5.56 Å². The van der Waals surface area contributed by atoms with Crippen molar-refractivity contribution >= 4 is 17.6 Å². The number of nitrogens with zero attached hydrogens (tertiary/aromatic N) is 2. The molecule has 5 heteroatoms. The molecule has 0 aliphatic heterocycles. The Hall–Kier alpha value is -2.59. The summed E-state index contributed by atoms with van der Waals surface area (Å²) >= 11 is 6.15. The van der Waals surface area contributed by atoms with Gasteiger partial charge in [-0.1, -0.05) is 48.0 Å². The molecular formula is C16H11ClN2O2. The van der Waals surface area contributed by atoms with E-state index in [1.54, 1.807) is 28.9 Å². The van der Waals surface area contributed by atoms with Gasteiger partial charge in [-0.25, -0.2) is 9.48 Å². The Morgan fingerprint density at radius 2 is 1.71 bits per heavy atom. The van der Waals surface area contributed by atoms with Crippen LogP contribution in [0.25, 0.3) is 16.9 Å². The molecule has 4 nitrogen and oxygen atoms in total. The van der Waals surface area contributed by atoms with Gasteiger partial charge in [-0.15, -0.1) is 0 Å². The molecule has 1 N–H and O–H groups in total. The molecule has 0 bridgehead atoms. The fraction of sp³-hybridized carbons (Fsp3) is 0. The van der Waals surface area contributed by atoms with Gasteiger partial charge in [0, 0.05) is 11.8 Å². The van der Waals surface area contributed by atoms with Gasteiger partial charge in [-0.2, -0.15) is 5.10 Å². The van der Waals surface area contributed by atoms with Crippen molar-refractivity contribution in [2.75, 3.05) is 0 Å². The minimum atomic E-state index is -1.04. The first kappa shape index (κ1) is 13.4. The third-order valence-electron chi connectivity index (χ3n) is 3.09. The predicted octanol–water partition coefficient (Wildman–Crippen LogP) is 3.89. The van der Waals surface area contributed by atoms with E-state index in [1.807, 2.05) is 30.3 Å².